The summed E-state index contributed by atoms with van der Waals surface area (Å²) >= 11 is 6.74. The third-order valence-corrected chi connectivity index (χ3v) is 5.69. The second kappa shape index (κ2) is 7.21. The molecule has 3 aromatic rings. The molecular weight excluding hydrogens is 496 g/mol. The molecule has 0 aliphatic heterocycles. The van der Waals surface area contributed by atoms with Gasteiger partial charge in [-0.1, -0.05) is 43.1 Å². The Hall–Kier alpha value is -1.58. The van der Waals surface area contributed by atoms with E-state index >= 15 is 0 Å². The van der Waals surface area contributed by atoms with Crippen LogP contribution in [0.15, 0.2) is 54.8 Å². The van der Waals surface area contributed by atoms with Crippen LogP contribution in [0.1, 0.15) is 5.76 Å². The van der Waals surface area contributed by atoms with Gasteiger partial charge in [-0.2, -0.15) is 0 Å². The summed E-state index contributed by atoms with van der Waals surface area (Å²) in [5.41, 5.74) is 1.50. The Bertz CT molecular complexity index is 1080. The average molecular weight is 507 g/mol. The van der Waals surface area contributed by atoms with Gasteiger partial charge in [-0.25, -0.2) is 17.2 Å². The molecule has 0 aliphatic carbocycles. The van der Waals surface area contributed by atoms with Crippen LogP contribution in [-0.4, -0.2) is 19.8 Å². The van der Waals surface area contributed by atoms with Crippen molar-refractivity contribution in [3.8, 4) is 22.4 Å². The molecule has 0 radical (unpaired) electrons. The molecule has 0 amide bonds. The molecule has 0 N–H and O–H groups in total. The molecule has 26 heavy (non-hydrogen) atoms. The number of rotatable bonds is 4. The monoisotopic (exact) mass is 505 g/mol. The summed E-state index contributed by atoms with van der Waals surface area (Å²) < 4.78 is 57.5. The van der Waals surface area contributed by atoms with Gasteiger partial charge in [0.05, 0.1) is 5.56 Å². The minimum Gasteiger partial charge on any atom is -0.357 e. The number of alkyl halides is 1. The Morgan fingerprint density at radius 1 is 1.08 bits per heavy atom. The highest BCUT2D eigenvalue weighted by atomic mass is 79.9. The molecule has 0 atom stereocenters. The summed E-state index contributed by atoms with van der Waals surface area (Å²) in [5.74, 6) is -0.986. The lowest BCUT2D eigenvalue weighted by Crippen LogP contribution is -2.01. The first-order valence-electron chi connectivity index (χ1n) is 7.21. The standard InChI is InChI=1S/C17H11Br2F2NO3S/c1-26(23,24)15-3-2-9(6-13(15)21)16-14(8-20)25-22-17(16)10-4-11(18)7-12(19)5-10/h2-7H,8H2,1H3. The fourth-order valence-corrected chi connectivity index (χ4v) is 4.58. The quantitative estimate of drug-likeness (QED) is 0.465. The van der Waals surface area contributed by atoms with E-state index in [1.807, 2.05) is 6.07 Å². The number of nitrogens with zero attached hydrogens (tertiary/aromatic N) is 1. The van der Waals surface area contributed by atoms with Crippen LogP contribution in [0.25, 0.3) is 22.4 Å². The van der Waals surface area contributed by atoms with Crippen molar-refractivity contribution in [2.75, 3.05) is 6.26 Å². The predicted molar refractivity (Wildman–Crippen MR) is 101 cm³/mol. The Kier molecular flexibility index (Phi) is 5.32. The van der Waals surface area contributed by atoms with Gasteiger partial charge in [-0.3, -0.25) is 0 Å². The third kappa shape index (κ3) is 3.74. The number of hydrogen-bond donors (Lipinski definition) is 0. The fourth-order valence-electron chi connectivity index (χ4n) is 2.56. The molecule has 2 aromatic carbocycles. The van der Waals surface area contributed by atoms with Crippen molar-refractivity contribution in [1.29, 1.82) is 0 Å². The smallest absolute Gasteiger partial charge is 0.178 e. The van der Waals surface area contributed by atoms with Gasteiger partial charge in [0.2, 0.25) is 0 Å². The topological polar surface area (TPSA) is 60.2 Å². The molecule has 0 aliphatic rings. The number of sulfone groups is 1. The molecule has 4 nitrogen and oxygen atoms in total. The lowest BCUT2D eigenvalue weighted by atomic mass is 9.99. The van der Waals surface area contributed by atoms with Crippen LogP contribution in [0, 0.1) is 5.82 Å². The molecule has 1 aromatic heterocycles. The maximum absolute atomic E-state index is 14.3. The second-order valence-electron chi connectivity index (χ2n) is 5.54. The Morgan fingerprint density at radius 2 is 1.73 bits per heavy atom. The largest absolute Gasteiger partial charge is 0.357 e. The van der Waals surface area contributed by atoms with E-state index in [1.165, 1.54) is 6.07 Å². The molecule has 0 unspecified atom stereocenters. The second-order valence-corrected chi connectivity index (χ2v) is 9.35. The van der Waals surface area contributed by atoms with E-state index in [0.717, 1.165) is 27.3 Å². The van der Waals surface area contributed by atoms with Crippen LogP contribution < -0.4 is 0 Å². The summed E-state index contributed by atoms with van der Waals surface area (Å²) in [5, 5.41) is 3.92. The molecule has 1 heterocycles. The number of aromatic nitrogens is 1. The van der Waals surface area contributed by atoms with Crippen LogP contribution in [0.4, 0.5) is 8.78 Å². The molecule has 0 fully saturated rings. The first-order chi connectivity index (χ1) is 12.2. The lowest BCUT2D eigenvalue weighted by molar-refractivity contribution is 0.332. The zero-order valence-electron chi connectivity index (χ0n) is 13.3. The van der Waals surface area contributed by atoms with Crippen molar-refractivity contribution >= 4 is 41.7 Å². The molecule has 9 heteroatoms. The highest BCUT2D eigenvalue weighted by Crippen LogP contribution is 2.38. The van der Waals surface area contributed by atoms with Gasteiger partial charge in [-0.05, 0) is 35.9 Å². The van der Waals surface area contributed by atoms with Crippen molar-refractivity contribution < 1.29 is 21.7 Å². The van der Waals surface area contributed by atoms with E-state index in [0.29, 0.717) is 11.3 Å². The SMILES string of the molecule is CS(=O)(=O)c1ccc(-c2c(-c3cc(Br)cc(Br)c3)noc2CF)cc1F. The van der Waals surface area contributed by atoms with E-state index in [9.17, 15) is 17.2 Å². The van der Waals surface area contributed by atoms with Crippen LogP contribution in [0.3, 0.4) is 0 Å². The van der Waals surface area contributed by atoms with Crippen LogP contribution >= 0.6 is 31.9 Å². The first-order valence-corrected chi connectivity index (χ1v) is 10.7. The van der Waals surface area contributed by atoms with Crippen molar-refractivity contribution in [1.82, 2.24) is 5.16 Å². The van der Waals surface area contributed by atoms with E-state index in [4.69, 9.17) is 4.52 Å². The van der Waals surface area contributed by atoms with Gasteiger partial charge in [0.1, 0.15) is 16.4 Å². The van der Waals surface area contributed by atoms with Gasteiger partial charge >= 0.3 is 0 Å². The van der Waals surface area contributed by atoms with Gasteiger partial charge in [0, 0.05) is 20.8 Å². The third-order valence-electron chi connectivity index (χ3n) is 3.64. The number of halogens is 4. The van der Waals surface area contributed by atoms with Gasteiger partial charge in [0.15, 0.2) is 22.3 Å². The van der Waals surface area contributed by atoms with Crippen molar-refractivity contribution in [2.45, 2.75) is 11.6 Å². The van der Waals surface area contributed by atoms with Crippen LogP contribution in [-0.2, 0) is 16.5 Å². The minimum absolute atomic E-state index is 0.0670. The molecule has 0 saturated carbocycles. The zero-order chi connectivity index (χ0) is 19.1. The lowest BCUT2D eigenvalue weighted by Gasteiger charge is -2.07. The van der Waals surface area contributed by atoms with E-state index in [-0.39, 0.29) is 16.9 Å². The van der Waals surface area contributed by atoms with Crippen LogP contribution in [0.5, 0.6) is 0 Å². The Balaban J connectivity index is 2.22. The Labute approximate surface area is 165 Å². The molecule has 3 rings (SSSR count). The van der Waals surface area contributed by atoms with Crippen molar-refractivity contribution in [3.05, 3.63) is 56.9 Å². The van der Waals surface area contributed by atoms with Crippen molar-refractivity contribution in [3.63, 3.8) is 0 Å². The summed E-state index contributed by atoms with van der Waals surface area (Å²) in [4.78, 5) is -0.425. The average Bonchev–Trinajstić information content (AvgIpc) is 2.96. The minimum atomic E-state index is -3.71. The molecule has 0 spiro atoms. The van der Waals surface area contributed by atoms with Gasteiger partial charge in [0.25, 0.3) is 0 Å². The maximum Gasteiger partial charge on any atom is 0.178 e. The van der Waals surface area contributed by atoms with E-state index in [1.54, 1.807) is 12.1 Å². The highest BCUT2D eigenvalue weighted by molar-refractivity contribution is 9.11. The number of benzene rings is 2. The van der Waals surface area contributed by atoms with Gasteiger partial charge in [-0.15, -0.1) is 0 Å². The van der Waals surface area contributed by atoms with Crippen LogP contribution in [0.2, 0.25) is 0 Å². The summed E-state index contributed by atoms with van der Waals surface area (Å²) in [6.07, 6.45) is 0.919. The normalized spacial score (nSPS) is 11.7. The predicted octanol–water partition coefficient (Wildman–Crippen LogP) is 5.55. The van der Waals surface area contributed by atoms with Crippen molar-refractivity contribution in [2.24, 2.45) is 0 Å². The van der Waals surface area contributed by atoms with Gasteiger partial charge < -0.3 is 4.52 Å². The molecule has 0 bridgehead atoms. The fraction of sp³-hybridized carbons (Fsp3) is 0.118. The summed E-state index contributed by atoms with van der Waals surface area (Å²) in [6.45, 7) is -0.938. The Morgan fingerprint density at radius 3 is 2.27 bits per heavy atom. The number of hydrogen-bond acceptors (Lipinski definition) is 4. The first kappa shape index (κ1) is 19.2. The molecular formula is C17H11Br2F2NO3S. The van der Waals surface area contributed by atoms with E-state index in [2.05, 4.69) is 37.0 Å². The van der Waals surface area contributed by atoms with E-state index < -0.39 is 27.2 Å². The highest BCUT2D eigenvalue weighted by Gasteiger charge is 2.22. The molecule has 0 saturated heterocycles. The molecule has 136 valence electrons. The summed E-state index contributed by atoms with van der Waals surface area (Å²) in [6, 6.07) is 8.93. The maximum atomic E-state index is 14.3. The zero-order valence-corrected chi connectivity index (χ0v) is 17.3. The summed E-state index contributed by atoms with van der Waals surface area (Å²) in [7, 11) is -3.71.